The first-order chi connectivity index (χ1) is 15.9. The second-order valence-corrected chi connectivity index (χ2v) is 6.68. The second kappa shape index (κ2) is 7.41. The van der Waals surface area contributed by atoms with Crippen LogP contribution in [0.1, 0.15) is 0 Å². The summed E-state index contributed by atoms with van der Waals surface area (Å²) in [7, 11) is 0. The van der Waals surface area contributed by atoms with Crippen molar-refractivity contribution in [2.75, 3.05) is 10.6 Å². The largest absolute Gasteiger partial charge is 0.506 e. The van der Waals surface area contributed by atoms with Gasteiger partial charge >= 0.3 is 11.4 Å². The summed E-state index contributed by atoms with van der Waals surface area (Å²) in [5.41, 5.74) is 0.102. The molecular weight excluding hydrogens is 440 g/mol. The summed E-state index contributed by atoms with van der Waals surface area (Å²) in [6.45, 7) is 0. The van der Waals surface area contributed by atoms with Crippen LogP contribution in [0.15, 0.2) is 51.7 Å². The fourth-order valence-electron chi connectivity index (χ4n) is 3.26. The predicted molar refractivity (Wildman–Crippen MR) is 112 cm³/mol. The topological polar surface area (TPSA) is 208 Å². The molecule has 2 aromatic heterocycles. The van der Waals surface area contributed by atoms with E-state index < -0.39 is 15.5 Å². The molecule has 0 saturated heterocycles. The number of anilines is 4. The number of hydrogen-bond donors (Lipinski definition) is 3. The molecule has 0 amide bonds. The summed E-state index contributed by atoms with van der Waals surface area (Å²) in [5, 5.41) is 53.4. The van der Waals surface area contributed by atoms with Crippen molar-refractivity contribution in [3.8, 4) is 5.75 Å². The van der Waals surface area contributed by atoms with Gasteiger partial charge in [-0.25, -0.2) is 9.26 Å². The van der Waals surface area contributed by atoms with E-state index in [-0.39, 0.29) is 50.6 Å². The molecule has 0 aliphatic carbocycles. The molecule has 15 heteroatoms. The van der Waals surface area contributed by atoms with Gasteiger partial charge in [-0.15, -0.1) is 0 Å². The molecular formula is C18H10N8O7. The lowest BCUT2D eigenvalue weighted by Crippen LogP contribution is -2.00. The third kappa shape index (κ3) is 3.34. The van der Waals surface area contributed by atoms with Crippen LogP contribution in [0.3, 0.4) is 0 Å². The van der Waals surface area contributed by atoms with Crippen LogP contribution in [0.4, 0.5) is 34.1 Å². The zero-order chi connectivity index (χ0) is 23.1. The third-order valence-electron chi connectivity index (χ3n) is 4.71. The highest BCUT2D eigenvalue weighted by Gasteiger charge is 2.25. The lowest BCUT2D eigenvalue weighted by atomic mass is 10.2. The first-order valence-electron chi connectivity index (χ1n) is 9.09. The molecule has 3 N–H and O–H groups in total. The number of rotatable bonds is 6. The van der Waals surface area contributed by atoms with E-state index in [1.807, 2.05) is 0 Å². The van der Waals surface area contributed by atoms with Crippen molar-refractivity contribution in [1.29, 1.82) is 0 Å². The van der Waals surface area contributed by atoms with Crippen LogP contribution in [0.25, 0.3) is 22.1 Å². The molecule has 5 aromatic rings. The van der Waals surface area contributed by atoms with Gasteiger partial charge < -0.3 is 15.7 Å². The normalized spacial score (nSPS) is 11.0. The molecule has 0 atom stereocenters. The number of aromatic nitrogens is 4. The van der Waals surface area contributed by atoms with Gasteiger partial charge in [-0.2, -0.15) is 0 Å². The molecule has 0 aliphatic heterocycles. The van der Waals surface area contributed by atoms with Crippen LogP contribution < -0.4 is 10.6 Å². The second-order valence-electron chi connectivity index (χ2n) is 6.68. The van der Waals surface area contributed by atoms with E-state index in [4.69, 9.17) is 0 Å². The van der Waals surface area contributed by atoms with Crippen LogP contribution in [0.5, 0.6) is 5.75 Å². The lowest BCUT2D eigenvalue weighted by Gasteiger charge is -2.12. The Hall–Kier alpha value is -5.34. The zero-order valence-corrected chi connectivity index (χ0v) is 16.1. The van der Waals surface area contributed by atoms with Gasteiger partial charge in [0.25, 0.3) is 0 Å². The minimum absolute atomic E-state index is 0.0247. The number of nitrogens with zero attached hydrogens (tertiary/aromatic N) is 6. The smallest absolute Gasteiger partial charge is 0.323 e. The fraction of sp³-hybridized carbons (Fsp3) is 0. The van der Waals surface area contributed by atoms with Gasteiger partial charge in [0.15, 0.2) is 0 Å². The van der Waals surface area contributed by atoms with Crippen molar-refractivity contribution in [2.45, 2.75) is 0 Å². The van der Waals surface area contributed by atoms with Crippen LogP contribution in [0, 0.1) is 20.2 Å². The number of nitro benzene ring substituents is 2. The van der Waals surface area contributed by atoms with E-state index >= 15 is 0 Å². The van der Waals surface area contributed by atoms with Crippen molar-refractivity contribution in [3.05, 3.63) is 62.7 Å². The van der Waals surface area contributed by atoms with Crippen LogP contribution >= 0.6 is 0 Å². The monoisotopic (exact) mass is 450 g/mol. The van der Waals surface area contributed by atoms with Crippen LogP contribution in [-0.4, -0.2) is 35.6 Å². The van der Waals surface area contributed by atoms with E-state index in [2.05, 4.69) is 40.5 Å². The summed E-state index contributed by atoms with van der Waals surface area (Å²) in [5.74, 6) is -0.223. The molecule has 0 saturated carbocycles. The highest BCUT2D eigenvalue weighted by Crippen LogP contribution is 2.38. The summed E-state index contributed by atoms with van der Waals surface area (Å²) >= 11 is 0. The van der Waals surface area contributed by atoms with Gasteiger partial charge in [-0.05, 0) is 63.1 Å². The number of hydrogen-bond acceptors (Lipinski definition) is 13. The van der Waals surface area contributed by atoms with Crippen molar-refractivity contribution in [2.24, 2.45) is 0 Å². The summed E-state index contributed by atoms with van der Waals surface area (Å²) < 4.78 is 9.13. The Bertz CT molecular complexity index is 1560. The minimum atomic E-state index is -0.654. The maximum Gasteiger partial charge on any atom is 0.323 e. The maximum absolute atomic E-state index is 11.6. The Morgan fingerprint density at radius 3 is 1.82 bits per heavy atom. The van der Waals surface area contributed by atoms with E-state index in [1.165, 1.54) is 42.5 Å². The number of nitro groups is 2. The van der Waals surface area contributed by atoms with Crippen molar-refractivity contribution >= 4 is 56.2 Å². The number of phenols is 1. The number of fused-ring (bicyclic) bond motifs is 2. The molecule has 0 spiro atoms. The molecule has 0 bridgehead atoms. The molecule has 2 heterocycles. The standard InChI is InChI=1S/C18H10N8O7/c27-14-6-1-8(19-11-4-2-9-15(23-32-21-9)17(11)25(28)29)7-13(14)20-12-5-3-10-16(24-33-22-10)18(12)26(30)31/h1-7,19-20,27H. The summed E-state index contributed by atoms with van der Waals surface area (Å²) in [6, 6.07) is 9.97. The van der Waals surface area contributed by atoms with E-state index in [9.17, 15) is 25.3 Å². The Labute approximate surface area is 180 Å². The molecule has 0 aliphatic rings. The van der Waals surface area contributed by atoms with Crippen molar-refractivity contribution in [3.63, 3.8) is 0 Å². The maximum atomic E-state index is 11.6. The number of aromatic hydroxyl groups is 1. The Morgan fingerprint density at radius 2 is 1.27 bits per heavy atom. The highest BCUT2D eigenvalue weighted by molar-refractivity contribution is 5.94. The first kappa shape index (κ1) is 19.6. The number of nitrogens with one attached hydrogen (secondary N) is 2. The zero-order valence-electron chi connectivity index (χ0n) is 16.1. The van der Waals surface area contributed by atoms with Crippen molar-refractivity contribution in [1.82, 2.24) is 20.6 Å². The molecule has 15 nitrogen and oxygen atoms in total. The molecule has 5 rings (SSSR count). The molecule has 0 radical (unpaired) electrons. The molecule has 33 heavy (non-hydrogen) atoms. The first-order valence-corrected chi connectivity index (χ1v) is 9.09. The average Bonchev–Trinajstić information content (AvgIpc) is 3.44. The average molecular weight is 450 g/mol. The highest BCUT2D eigenvalue weighted by atomic mass is 16.6. The number of benzene rings is 3. The molecule has 3 aromatic carbocycles. The molecule has 0 fully saturated rings. The van der Waals surface area contributed by atoms with Gasteiger partial charge in [-0.1, -0.05) is 0 Å². The van der Waals surface area contributed by atoms with Crippen LogP contribution in [0.2, 0.25) is 0 Å². The summed E-state index contributed by atoms with van der Waals surface area (Å²) in [6.07, 6.45) is 0. The Kier molecular flexibility index (Phi) is 4.41. The Balaban J connectivity index is 1.53. The predicted octanol–water partition coefficient (Wildman–Crippen LogP) is 3.77. The lowest BCUT2D eigenvalue weighted by molar-refractivity contribution is -0.382. The van der Waals surface area contributed by atoms with Gasteiger partial charge in [0.1, 0.15) is 28.2 Å². The molecule has 164 valence electrons. The van der Waals surface area contributed by atoms with Gasteiger partial charge in [-0.3, -0.25) is 20.2 Å². The quantitative estimate of drug-likeness (QED) is 0.146. The van der Waals surface area contributed by atoms with Crippen molar-refractivity contribution < 1.29 is 24.2 Å². The van der Waals surface area contributed by atoms with Gasteiger partial charge in [0.2, 0.25) is 11.0 Å². The SMILES string of the molecule is O=[N+]([O-])c1c(Nc2ccc(O)c(Nc3ccc4nonc4c3[N+](=O)[O-])c2)ccc2nonc12. The molecule has 0 unspecified atom stereocenters. The van der Waals surface area contributed by atoms with E-state index in [0.717, 1.165) is 0 Å². The fourth-order valence-corrected chi connectivity index (χ4v) is 3.26. The van der Waals surface area contributed by atoms with E-state index in [1.54, 1.807) is 0 Å². The van der Waals surface area contributed by atoms with Gasteiger partial charge in [0.05, 0.1) is 15.5 Å². The van der Waals surface area contributed by atoms with E-state index in [0.29, 0.717) is 5.69 Å². The van der Waals surface area contributed by atoms with Gasteiger partial charge in [0, 0.05) is 5.69 Å². The minimum Gasteiger partial charge on any atom is -0.506 e. The number of phenolic OH excluding ortho intramolecular Hbond substituents is 1. The third-order valence-corrected chi connectivity index (χ3v) is 4.71. The van der Waals surface area contributed by atoms with Crippen LogP contribution in [-0.2, 0) is 0 Å². The Morgan fingerprint density at radius 1 is 0.727 bits per heavy atom. The summed E-state index contributed by atoms with van der Waals surface area (Å²) in [4.78, 5) is 21.9.